The zero-order valence-corrected chi connectivity index (χ0v) is 17.8. The number of methoxy groups -OCH3 is 3. The van der Waals surface area contributed by atoms with Crippen molar-refractivity contribution in [2.45, 2.75) is 31.5 Å². The van der Waals surface area contributed by atoms with Crippen LogP contribution in [-0.2, 0) is 13.1 Å². The van der Waals surface area contributed by atoms with Gasteiger partial charge >= 0.3 is 0 Å². The molecule has 0 amide bonds. The van der Waals surface area contributed by atoms with Crippen molar-refractivity contribution in [3.63, 3.8) is 0 Å². The average molecular weight is 412 g/mol. The lowest BCUT2D eigenvalue weighted by molar-refractivity contribution is -0.0349. The minimum Gasteiger partial charge on any atom is -0.493 e. The summed E-state index contributed by atoms with van der Waals surface area (Å²) in [6.45, 7) is 3.00. The minimum atomic E-state index is -0.715. The van der Waals surface area contributed by atoms with Crippen LogP contribution >= 0.6 is 0 Å². The van der Waals surface area contributed by atoms with Gasteiger partial charge in [0.15, 0.2) is 11.5 Å². The first kappa shape index (κ1) is 20.5. The van der Waals surface area contributed by atoms with Gasteiger partial charge in [0, 0.05) is 37.4 Å². The fraction of sp³-hybridized carbons (Fsp3) is 0.435. The van der Waals surface area contributed by atoms with E-state index in [9.17, 15) is 5.11 Å². The van der Waals surface area contributed by atoms with Gasteiger partial charge in [0.25, 0.3) is 0 Å². The summed E-state index contributed by atoms with van der Waals surface area (Å²) in [7, 11) is 4.86. The Hall–Kier alpha value is -2.77. The molecule has 3 heterocycles. The number of benzene rings is 1. The van der Waals surface area contributed by atoms with Crippen molar-refractivity contribution in [3.8, 4) is 17.2 Å². The fourth-order valence-corrected chi connectivity index (χ4v) is 4.25. The Labute approximate surface area is 176 Å². The van der Waals surface area contributed by atoms with Crippen LogP contribution in [-0.4, -0.2) is 59.6 Å². The number of fused-ring (bicyclic) bond motifs is 1. The molecule has 0 bridgehead atoms. The number of ether oxygens (including phenoxy) is 3. The van der Waals surface area contributed by atoms with Crippen molar-refractivity contribution in [3.05, 3.63) is 48.4 Å². The molecule has 1 aliphatic rings. The second-order valence-electron chi connectivity index (χ2n) is 7.91. The van der Waals surface area contributed by atoms with Crippen LogP contribution in [0.2, 0.25) is 0 Å². The number of likely N-dealkylation sites (tertiary alicyclic amines) is 1. The number of piperidine rings is 1. The molecule has 0 saturated carbocycles. The second kappa shape index (κ2) is 8.53. The molecule has 7 heteroatoms. The van der Waals surface area contributed by atoms with Crippen LogP contribution in [0.15, 0.2) is 42.9 Å². The summed E-state index contributed by atoms with van der Waals surface area (Å²) in [6, 6.07) is 8.04. The third-order valence-electron chi connectivity index (χ3n) is 5.96. The summed E-state index contributed by atoms with van der Waals surface area (Å²) >= 11 is 0. The Morgan fingerprint density at radius 1 is 1.03 bits per heavy atom. The molecule has 30 heavy (non-hydrogen) atoms. The molecule has 160 valence electrons. The number of aromatic nitrogens is 2. The highest BCUT2D eigenvalue weighted by Crippen LogP contribution is 2.38. The first-order valence-electron chi connectivity index (χ1n) is 10.2. The maximum atomic E-state index is 11.2. The van der Waals surface area contributed by atoms with E-state index >= 15 is 0 Å². The molecule has 4 rings (SSSR count). The quantitative estimate of drug-likeness (QED) is 0.644. The van der Waals surface area contributed by atoms with Crippen molar-refractivity contribution < 1.29 is 19.3 Å². The molecule has 0 spiro atoms. The van der Waals surface area contributed by atoms with E-state index in [2.05, 4.69) is 20.5 Å². The second-order valence-corrected chi connectivity index (χ2v) is 7.91. The summed E-state index contributed by atoms with van der Waals surface area (Å²) < 4.78 is 18.4. The number of rotatable bonds is 7. The van der Waals surface area contributed by atoms with Gasteiger partial charge in [0.2, 0.25) is 5.75 Å². The Morgan fingerprint density at radius 2 is 1.73 bits per heavy atom. The maximum Gasteiger partial charge on any atom is 0.203 e. The third kappa shape index (κ3) is 4.08. The van der Waals surface area contributed by atoms with Crippen molar-refractivity contribution >= 4 is 10.9 Å². The molecule has 7 nitrogen and oxygen atoms in total. The van der Waals surface area contributed by atoms with Crippen LogP contribution in [0.4, 0.5) is 0 Å². The SMILES string of the molecule is COc1cc(CN2CCC(O)(Cn3ccc4ccncc43)CC2)cc(OC)c1OC. The Balaban J connectivity index is 1.42. The van der Waals surface area contributed by atoms with Crippen LogP contribution in [0.25, 0.3) is 10.9 Å². The molecule has 1 N–H and O–H groups in total. The fourth-order valence-electron chi connectivity index (χ4n) is 4.25. The first-order chi connectivity index (χ1) is 14.5. The molecule has 3 aromatic rings. The lowest BCUT2D eigenvalue weighted by Gasteiger charge is -2.38. The molecule has 1 aliphatic heterocycles. The third-order valence-corrected chi connectivity index (χ3v) is 5.96. The lowest BCUT2D eigenvalue weighted by Crippen LogP contribution is -2.46. The highest BCUT2D eigenvalue weighted by Gasteiger charge is 2.33. The highest BCUT2D eigenvalue weighted by molar-refractivity contribution is 5.78. The predicted octanol–water partition coefficient (Wildman–Crippen LogP) is 3.09. The smallest absolute Gasteiger partial charge is 0.203 e. The van der Waals surface area contributed by atoms with Gasteiger partial charge in [-0.25, -0.2) is 0 Å². The van der Waals surface area contributed by atoms with Gasteiger partial charge in [0.05, 0.1) is 45.2 Å². The summed E-state index contributed by atoms with van der Waals surface area (Å²) in [5.41, 5.74) is 1.44. The lowest BCUT2D eigenvalue weighted by atomic mass is 9.91. The Morgan fingerprint density at radius 3 is 2.37 bits per heavy atom. The van der Waals surface area contributed by atoms with Gasteiger partial charge in [-0.05, 0) is 42.7 Å². The summed E-state index contributed by atoms with van der Waals surface area (Å²) in [6.07, 6.45) is 7.13. The van der Waals surface area contributed by atoms with Gasteiger partial charge in [-0.2, -0.15) is 0 Å². The number of hydrogen-bond acceptors (Lipinski definition) is 6. The van der Waals surface area contributed by atoms with Gasteiger partial charge < -0.3 is 23.9 Å². The van der Waals surface area contributed by atoms with Crippen molar-refractivity contribution in [1.82, 2.24) is 14.5 Å². The van der Waals surface area contributed by atoms with E-state index in [1.54, 1.807) is 27.5 Å². The van der Waals surface area contributed by atoms with Crippen LogP contribution in [0.1, 0.15) is 18.4 Å². The normalized spacial score (nSPS) is 16.5. The number of hydrogen-bond donors (Lipinski definition) is 1. The van der Waals surface area contributed by atoms with Crippen LogP contribution in [0.5, 0.6) is 17.2 Å². The average Bonchev–Trinajstić information content (AvgIpc) is 3.17. The number of pyridine rings is 1. The summed E-state index contributed by atoms with van der Waals surface area (Å²) in [5.74, 6) is 1.92. The summed E-state index contributed by atoms with van der Waals surface area (Å²) in [5, 5.41) is 12.3. The Bertz CT molecular complexity index is 984. The molecule has 1 fully saturated rings. The predicted molar refractivity (Wildman–Crippen MR) is 115 cm³/mol. The minimum absolute atomic E-state index is 0.584. The van der Waals surface area contributed by atoms with Gasteiger partial charge in [-0.15, -0.1) is 0 Å². The van der Waals surface area contributed by atoms with Crippen LogP contribution < -0.4 is 14.2 Å². The molecule has 2 aromatic heterocycles. The van der Waals surface area contributed by atoms with Crippen molar-refractivity contribution in [1.29, 1.82) is 0 Å². The van der Waals surface area contributed by atoms with Crippen LogP contribution in [0.3, 0.4) is 0 Å². The standard InChI is InChI=1S/C23H29N3O4/c1-28-20-12-17(13-21(29-2)22(20)30-3)15-25-10-6-23(27,7-11-25)16-26-9-5-18-4-8-24-14-19(18)26/h4-5,8-9,12-14,27H,6-7,10-11,15-16H2,1-3H3. The maximum absolute atomic E-state index is 11.2. The molecule has 0 radical (unpaired) electrons. The van der Waals surface area contributed by atoms with Crippen molar-refractivity contribution in [2.24, 2.45) is 0 Å². The zero-order chi connectivity index (χ0) is 21.1. The molecule has 1 saturated heterocycles. The van der Waals surface area contributed by atoms with E-state index in [1.165, 1.54) is 0 Å². The number of aliphatic hydroxyl groups is 1. The first-order valence-corrected chi connectivity index (χ1v) is 10.2. The highest BCUT2D eigenvalue weighted by atomic mass is 16.5. The molecule has 1 aromatic carbocycles. The summed E-state index contributed by atoms with van der Waals surface area (Å²) in [4.78, 5) is 6.57. The van der Waals surface area contributed by atoms with Gasteiger partial charge in [0.1, 0.15) is 0 Å². The van der Waals surface area contributed by atoms with Crippen LogP contribution in [0, 0.1) is 0 Å². The van der Waals surface area contributed by atoms with E-state index in [1.807, 2.05) is 30.6 Å². The molecular formula is C23H29N3O4. The largest absolute Gasteiger partial charge is 0.493 e. The van der Waals surface area contributed by atoms with E-state index in [-0.39, 0.29) is 0 Å². The van der Waals surface area contributed by atoms with Gasteiger partial charge in [-0.3, -0.25) is 9.88 Å². The van der Waals surface area contributed by atoms with Gasteiger partial charge in [-0.1, -0.05) is 0 Å². The molecular weight excluding hydrogens is 382 g/mol. The molecule has 0 aliphatic carbocycles. The number of nitrogens with zero attached hydrogens (tertiary/aromatic N) is 3. The van der Waals surface area contributed by atoms with E-state index < -0.39 is 5.60 Å². The zero-order valence-electron chi connectivity index (χ0n) is 17.8. The molecule has 0 unspecified atom stereocenters. The van der Waals surface area contributed by atoms with E-state index in [0.29, 0.717) is 23.8 Å². The van der Waals surface area contributed by atoms with E-state index in [0.717, 1.165) is 48.9 Å². The van der Waals surface area contributed by atoms with E-state index in [4.69, 9.17) is 14.2 Å². The molecule has 0 atom stereocenters. The Kier molecular flexibility index (Phi) is 5.83. The topological polar surface area (TPSA) is 69.0 Å². The van der Waals surface area contributed by atoms with Crippen molar-refractivity contribution in [2.75, 3.05) is 34.4 Å². The monoisotopic (exact) mass is 411 g/mol.